The molecule has 170 valence electrons. The first kappa shape index (κ1) is 23.2. The van der Waals surface area contributed by atoms with Gasteiger partial charge in [0.05, 0.1) is 29.2 Å². The third kappa shape index (κ3) is 5.32. The molecule has 0 aliphatic rings. The topological polar surface area (TPSA) is 92.6 Å². The third-order valence-electron chi connectivity index (χ3n) is 4.70. The molecule has 8 nitrogen and oxygen atoms in total. The largest absolute Gasteiger partial charge is 0.495 e. The number of urea groups is 1. The molecule has 4 rings (SSSR count). The fraction of sp³-hybridized carbons (Fsp3) is 0.136. The Bertz CT molecular complexity index is 1310. The van der Waals surface area contributed by atoms with Gasteiger partial charge in [-0.3, -0.25) is 0 Å². The van der Waals surface area contributed by atoms with Crippen LogP contribution >= 0.6 is 39.1 Å². The molecule has 0 bridgehead atoms. The van der Waals surface area contributed by atoms with Crippen LogP contribution in [0.5, 0.6) is 5.75 Å². The molecule has 0 saturated carbocycles. The number of halogens is 3. The molecule has 0 aliphatic carbocycles. The highest BCUT2D eigenvalue weighted by Crippen LogP contribution is 2.30. The van der Waals surface area contributed by atoms with Gasteiger partial charge in [-0.25, -0.2) is 9.78 Å². The SMILES string of the molecule is COc1ccc(Cl)cc1NC(=O)NCCNc1cc(-c2ccccc2Cl)nc2c(Br)cnn12. The van der Waals surface area contributed by atoms with Gasteiger partial charge in [0.2, 0.25) is 0 Å². The van der Waals surface area contributed by atoms with Gasteiger partial charge in [0, 0.05) is 34.8 Å². The average molecular weight is 550 g/mol. The van der Waals surface area contributed by atoms with Gasteiger partial charge < -0.3 is 20.7 Å². The first-order valence-electron chi connectivity index (χ1n) is 9.87. The molecule has 0 unspecified atom stereocenters. The summed E-state index contributed by atoms with van der Waals surface area (Å²) in [6.45, 7) is 0.793. The summed E-state index contributed by atoms with van der Waals surface area (Å²) in [6.07, 6.45) is 1.67. The van der Waals surface area contributed by atoms with Gasteiger partial charge in [-0.1, -0.05) is 41.4 Å². The average Bonchev–Trinajstić information content (AvgIpc) is 3.18. The molecule has 2 aromatic heterocycles. The quantitative estimate of drug-likeness (QED) is 0.257. The fourth-order valence-corrected chi connectivity index (χ4v) is 3.93. The van der Waals surface area contributed by atoms with Gasteiger partial charge >= 0.3 is 6.03 Å². The van der Waals surface area contributed by atoms with E-state index in [2.05, 4.69) is 42.0 Å². The van der Waals surface area contributed by atoms with E-state index in [1.807, 2.05) is 30.3 Å². The maximum atomic E-state index is 12.3. The van der Waals surface area contributed by atoms with Gasteiger partial charge in [0.1, 0.15) is 11.6 Å². The molecule has 0 saturated heterocycles. The second-order valence-electron chi connectivity index (χ2n) is 6.89. The van der Waals surface area contributed by atoms with E-state index in [1.54, 1.807) is 28.9 Å². The number of hydrogen-bond acceptors (Lipinski definition) is 5. The number of nitrogens with zero attached hydrogens (tertiary/aromatic N) is 3. The summed E-state index contributed by atoms with van der Waals surface area (Å²) in [6, 6.07) is 14.0. The zero-order valence-electron chi connectivity index (χ0n) is 17.4. The molecule has 2 heterocycles. The van der Waals surface area contributed by atoms with Crippen LogP contribution < -0.4 is 20.7 Å². The predicted molar refractivity (Wildman–Crippen MR) is 135 cm³/mol. The number of anilines is 2. The molecule has 3 N–H and O–H groups in total. The molecule has 0 fully saturated rings. The number of amides is 2. The molecular formula is C22H19BrCl2N6O2. The van der Waals surface area contributed by atoms with Gasteiger partial charge in [-0.2, -0.15) is 9.61 Å². The van der Waals surface area contributed by atoms with E-state index >= 15 is 0 Å². The zero-order valence-corrected chi connectivity index (χ0v) is 20.5. The Morgan fingerprint density at radius 2 is 1.97 bits per heavy atom. The van der Waals surface area contributed by atoms with Crippen LogP contribution in [-0.2, 0) is 0 Å². The molecular weight excluding hydrogens is 531 g/mol. The van der Waals surface area contributed by atoms with Crippen molar-refractivity contribution in [1.29, 1.82) is 0 Å². The molecule has 0 radical (unpaired) electrons. The summed E-state index contributed by atoms with van der Waals surface area (Å²) in [5.74, 6) is 1.22. The van der Waals surface area contributed by atoms with E-state index in [4.69, 9.17) is 27.9 Å². The van der Waals surface area contributed by atoms with Crippen LogP contribution in [0.4, 0.5) is 16.3 Å². The number of carbonyl (C=O) groups excluding carboxylic acids is 1. The van der Waals surface area contributed by atoms with Gasteiger partial charge in [-0.15, -0.1) is 0 Å². The number of nitrogens with one attached hydrogen (secondary N) is 3. The van der Waals surface area contributed by atoms with Gasteiger partial charge in [0.15, 0.2) is 5.65 Å². The van der Waals surface area contributed by atoms with E-state index < -0.39 is 0 Å². The zero-order chi connectivity index (χ0) is 23.4. The highest BCUT2D eigenvalue weighted by Gasteiger charge is 2.13. The van der Waals surface area contributed by atoms with Crippen molar-refractivity contribution in [2.45, 2.75) is 0 Å². The lowest BCUT2D eigenvalue weighted by atomic mass is 10.1. The minimum Gasteiger partial charge on any atom is -0.495 e. The number of hydrogen-bond donors (Lipinski definition) is 3. The normalized spacial score (nSPS) is 10.8. The molecule has 0 spiro atoms. The smallest absolute Gasteiger partial charge is 0.319 e. The third-order valence-corrected chi connectivity index (χ3v) is 5.83. The van der Waals surface area contributed by atoms with E-state index in [9.17, 15) is 4.79 Å². The van der Waals surface area contributed by atoms with Crippen molar-refractivity contribution in [3.8, 4) is 17.0 Å². The number of fused-ring (bicyclic) bond motifs is 1. The summed E-state index contributed by atoms with van der Waals surface area (Å²) >= 11 is 15.9. The Labute approximate surface area is 208 Å². The van der Waals surface area contributed by atoms with Crippen molar-refractivity contribution in [3.05, 3.63) is 69.2 Å². The van der Waals surface area contributed by atoms with Gasteiger partial charge in [0.25, 0.3) is 0 Å². The molecule has 4 aromatic rings. The highest BCUT2D eigenvalue weighted by atomic mass is 79.9. The number of methoxy groups -OCH3 is 1. The summed E-state index contributed by atoms with van der Waals surface area (Å²) in [5, 5.41) is 14.3. The van der Waals surface area contributed by atoms with Crippen LogP contribution in [0.2, 0.25) is 10.0 Å². The Hall–Kier alpha value is -3.01. The summed E-state index contributed by atoms with van der Waals surface area (Å²) in [7, 11) is 1.52. The number of carbonyl (C=O) groups is 1. The Morgan fingerprint density at radius 1 is 1.15 bits per heavy atom. The summed E-state index contributed by atoms with van der Waals surface area (Å²) in [5.41, 5.74) is 2.65. The molecule has 11 heteroatoms. The fourth-order valence-electron chi connectivity index (χ4n) is 3.18. The molecule has 0 aliphatic heterocycles. The van der Waals surface area contributed by atoms with E-state index in [1.165, 1.54) is 7.11 Å². The standard InChI is InChI=1S/C22H19BrCl2N6O2/c1-33-19-7-6-13(24)10-18(19)30-22(32)27-9-8-26-20-11-17(14-4-2-3-5-16(14)25)29-21-15(23)12-28-31(20)21/h2-7,10-12,26H,8-9H2,1H3,(H2,27,30,32). The van der Waals surface area contributed by atoms with Crippen molar-refractivity contribution in [1.82, 2.24) is 19.9 Å². The minimum absolute atomic E-state index is 0.350. The van der Waals surface area contributed by atoms with E-state index in [0.717, 1.165) is 10.0 Å². The molecule has 2 amide bonds. The first-order valence-corrected chi connectivity index (χ1v) is 11.4. The van der Waals surface area contributed by atoms with Crippen molar-refractivity contribution in [3.63, 3.8) is 0 Å². The Morgan fingerprint density at radius 3 is 2.76 bits per heavy atom. The second-order valence-corrected chi connectivity index (χ2v) is 8.58. The van der Waals surface area contributed by atoms with Crippen LogP contribution in [0.25, 0.3) is 16.9 Å². The number of benzene rings is 2. The lowest BCUT2D eigenvalue weighted by Gasteiger charge is -2.13. The Kier molecular flexibility index (Phi) is 7.22. The minimum atomic E-state index is -0.379. The molecule has 2 aromatic carbocycles. The monoisotopic (exact) mass is 548 g/mol. The van der Waals surface area contributed by atoms with Crippen molar-refractivity contribution in [2.75, 3.05) is 30.8 Å². The number of rotatable bonds is 7. The van der Waals surface area contributed by atoms with E-state index in [-0.39, 0.29) is 6.03 Å². The van der Waals surface area contributed by atoms with Crippen LogP contribution in [0.1, 0.15) is 0 Å². The number of ether oxygens (including phenoxy) is 1. The summed E-state index contributed by atoms with van der Waals surface area (Å²) in [4.78, 5) is 17.0. The van der Waals surface area contributed by atoms with Crippen LogP contribution in [0, 0.1) is 0 Å². The van der Waals surface area contributed by atoms with E-state index in [0.29, 0.717) is 51.7 Å². The van der Waals surface area contributed by atoms with Crippen molar-refractivity contribution < 1.29 is 9.53 Å². The predicted octanol–water partition coefficient (Wildman–Crippen LogP) is 5.71. The lowest BCUT2D eigenvalue weighted by molar-refractivity contribution is 0.252. The van der Waals surface area contributed by atoms with Crippen LogP contribution in [-0.4, -0.2) is 40.8 Å². The number of aromatic nitrogens is 3. The second kappa shape index (κ2) is 10.3. The highest BCUT2D eigenvalue weighted by molar-refractivity contribution is 9.10. The van der Waals surface area contributed by atoms with Crippen molar-refractivity contribution >= 4 is 62.3 Å². The van der Waals surface area contributed by atoms with Gasteiger partial charge in [-0.05, 0) is 40.2 Å². The van der Waals surface area contributed by atoms with Crippen LogP contribution in [0.15, 0.2) is 59.2 Å². The lowest BCUT2D eigenvalue weighted by Crippen LogP contribution is -2.33. The molecule has 0 atom stereocenters. The first-order chi connectivity index (χ1) is 16.0. The maximum Gasteiger partial charge on any atom is 0.319 e. The Balaban J connectivity index is 1.44. The van der Waals surface area contributed by atoms with Crippen molar-refractivity contribution in [2.24, 2.45) is 0 Å². The van der Waals surface area contributed by atoms with Crippen LogP contribution in [0.3, 0.4) is 0 Å². The molecule has 33 heavy (non-hydrogen) atoms. The summed E-state index contributed by atoms with van der Waals surface area (Å²) < 4.78 is 7.68. The maximum absolute atomic E-state index is 12.3.